The Balaban J connectivity index is 1.90. The molecule has 0 N–H and O–H groups in total. The summed E-state index contributed by atoms with van der Waals surface area (Å²) in [5.74, 6) is 0.951. The van der Waals surface area contributed by atoms with Crippen molar-refractivity contribution in [3.63, 3.8) is 0 Å². The first-order valence-corrected chi connectivity index (χ1v) is 8.31. The van der Waals surface area contributed by atoms with Crippen molar-refractivity contribution in [3.8, 4) is 5.75 Å². The standard InChI is InChI=1S/C20H26N2O/c1-15-12-16(2)20(17(3)13-15)22-11-7-10-21(14-22)18-8-5-6-9-19(18)23-4/h5-6,8-9,12-13H,7,10-11,14H2,1-4H3. The summed E-state index contributed by atoms with van der Waals surface area (Å²) in [6.07, 6.45) is 1.16. The third-order valence-corrected chi connectivity index (χ3v) is 4.57. The number of hydrogen-bond acceptors (Lipinski definition) is 3. The molecule has 3 rings (SSSR count). The van der Waals surface area contributed by atoms with Gasteiger partial charge in [0.2, 0.25) is 0 Å². The molecular weight excluding hydrogens is 284 g/mol. The van der Waals surface area contributed by atoms with Crippen molar-refractivity contribution in [3.05, 3.63) is 53.1 Å². The molecule has 0 saturated carbocycles. The molecule has 0 unspecified atom stereocenters. The van der Waals surface area contributed by atoms with Gasteiger partial charge >= 0.3 is 0 Å². The van der Waals surface area contributed by atoms with E-state index in [4.69, 9.17) is 4.74 Å². The zero-order valence-corrected chi connectivity index (χ0v) is 14.6. The van der Waals surface area contributed by atoms with Gasteiger partial charge in [0.25, 0.3) is 0 Å². The number of benzene rings is 2. The molecule has 0 spiro atoms. The maximum absolute atomic E-state index is 5.54. The molecule has 2 aromatic rings. The second-order valence-electron chi connectivity index (χ2n) is 6.44. The molecule has 0 aliphatic carbocycles. The van der Waals surface area contributed by atoms with E-state index in [0.29, 0.717) is 0 Å². The Kier molecular flexibility index (Phi) is 4.46. The van der Waals surface area contributed by atoms with Crippen LogP contribution in [0.5, 0.6) is 5.75 Å². The molecule has 1 aliphatic heterocycles. The summed E-state index contributed by atoms with van der Waals surface area (Å²) in [6, 6.07) is 12.9. The predicted octanol–water partition coefficient (Wildman–Crippen LogP) is 4.29. The van der Waals surface area contributed by atoms with Crippen molar-refractivity contribution >= 4 is 11.4 Å². The summed E-state index contributed by atoms with van der Waals surface area (Å²) in [7, 11) is 1.74. The molecule has 0 atom stereocenters. The summed E-state index contributed by atoms with van der Waals surface area (Å²) < 4.78 is 5.54. The van der Waals surface area contributed by atoms with Gasteiger partial charge in [-0.2, -0.15) is 0 Å². The molecule has 3 nitrogen and oxygen atoms in total. The first-order valence-electron chi connectivity index (χ1n) is 8.31. The van der Waals surface area contributed by atoms with Crippen LogP contribution in [0.1, 0.15) is 23.1 Å². The second-order valence-corrected chi connectivity index (χ2v) is 6.44. The Morgan fingerprint density at radius 2 is 1.57 bits per heavy atom. The molecule has 3 heteroatoms. The van der Waals surface area contributed by atoms with Crippen LogP contribution in [0.25, 0.3) is 0 Å². The van der Waals surface area contributed by atoms with Gasteiger partial charge in [-0.1, -0.05) is 29.8 Å². The minimum atomic E-state index is 0.908. The molecule has 0 aromatic heterocycles. The summed E-state index contributed by atoms with van der Waals surface area (Å²) in [6.45, 7) is 9.69. The van der Waals surface area contributed by atoms with E-state index in [2.05, 4.69) is 54.8 Å². The number of aryl methyl sites for hydroxylation is 3. The molecule has 0 bridgehead atoms. The fraction of sp³-hybridized carbons (Fsp3) is 0.400. The lowest BCUT2D eigenvalue weighted by atomic mass is 10.0. The van der Waals surface area contributed by atoms with Crippen LogP contribution in [0, 0.1) is 20.8 Å². The average molecular weight is 310 g/mol. The first-order chi connectivity index (χ1) is 11.1. The zero-order chi connectivity index (χ0) is 16.4. The Labute approximate surface area is 139 Å². The number of anilines is 2. The first kappa shape index (κ1) is 15.7. The van der Waals surface area contributed by atoms with E-state index in [0.717, 1.165) is 31.9 Å². The van der Waals surface area contributed by atoms with Crippen molar-refractivity contribution < 1.29 is 4.74 Å². The quantitative estimate of drug-likeness (QED) is 0.841. The molecule has 0 amide bonds. The third-order valence-electron chi connectivity index (χ3n) is 4.57. The number of ether oxygens (including phenoxy) is 1. The largest absolute Gasteiger partial charge is 0.495 e. The number of methoxy groups -OCH3 is 1. The molecule has 2 aromatic carbocycles. The molecule has 1 saturated heterocycles. The normalized spacial score (nSPS) is 15.0. The minimum Gasteiger partial charge on any atom is -0.495 e. The smallest absolute Gasteiger partial charge is 0.142 e. The topological polar surface area (TPSA) is 15.7 Å². The van der Waals surface area contributed by atoms with Crippen molar-refractivity contribution in [2.24, 2.45) is 0 Å². The highest BCUT2D eigenvalue weighted by atomic mass is 16.5. The maximum atomic E-state index is 5.54. The molecule has 1 aliphatic rings. The maximum Gasteiger partial charge on any atom is 0.142 e. The highest BCUT2D eigenvalue weighted by Crippen LogP contribution is 2.33. The van der Waals surface area contributed by atoms with Crippen LogP contribution in [0.3, 0.4) is 0 Å². The van der Waals surface area contributed by atoms with E-state index in [1.807, 2.05) is 12.1 Å². The lowest BCUT2D eigenvalue weighted by molar-refractivity contribution is 0.413. The van der Waals surface area contributed by atoms with Crippen molar-refractivity contribution in [2.45, 2.75) is 27.2 Å². The SMILES string of the molecule is COc1ccccc1N1CCCN(c2c(C)cc(C)cc2C)C1. The van der Waals surface area contributed by atoms with Gasteiger partial charge in [-0.3, -0.25) is 0 Å². The Morgan fingerprint density at radius 3 is 2.26 bits per heavy atom. The molecule has 122 valence electrons. The Bertz CT molecular complexity index is 673. The van der Waals surface area contributed by atoms with Crippen molar-refractivity contribution in [1.29, 1.82) is 0 Å². The van der Waals surface area contributed by atoms with E-state index >= 15 is 0 Å². The van der Waals surface area contributed by atoms with Gasteiger partial charge < -0.3 is 14.5 Å². The van der Waals surface area contributed by atoms with E-state index in [1.54, 1.807) is 7.11 Å². The van der Waals surface area contributed by atoms with Crippen LogP contribution >= 0.6 is 0 Å². The lowest BCUT2D eigenvalue weighted by Crippen LogP contribution is -2.45. The fourth-order valence-corrected chi connectivity index (χ4v) is 3.74. The highest BCUT2D eigenvalue weighted by molar-refractivity contribution is 5.64. The number of rotatable bonds is 3. The zero-order valence-electron chi connectivity index (χ0n) is 14.6. The second kappa shape index (κ2) is 6.53. The van der Waals surface area contributed by atoms with Crippen LogP contribution < -0.4 is 14.5 Å². The van der Waals surface area contributed by atoms with Gasteiger partial charge in [-0.05, 0) is 50.5 Å². The fourth-order valence-electron chi connectivity index (χ4n) is 3.74. The van der Waals surface area contributed by atoms with E-state index in [1.165, 1.54) is 28.1 Å². The predicted molar refractivity (Wildman–Crippen MR) is 97.8 cm³/mol. The van der Waals surface area contributed by atoms with Gasteiger partial charge in [0.15, 0.2) is 0 Å². The van der Waals surface area contributed by atoms with Crippen LogP contribution in [0.15, 0.2) is 36.4 Å². The van der Waals surface area contributed by atoms with Gasteiger partial charge in [0, 0.05) is 18.8 Å². The molecule has 1 fully saturated rings. The Morgan fingerprint density at radius 1 is 0.913 bits per heavy atom. The number of nitrogens with zero attached hydrogens (tertiary/aromatic N) is 2. The van der Waals surface area contributed by atoms with Crippen molar-refractivity contribution in [1.82, 2.24) is 0 Å². The van der Waals surface area contributed by atoms with Crippen molar-refractivity contribution in [2.75, 3.05) is 36.7 Å². The summed E-state index contributed by atoms with van der Waals surface area (Å²) in [4.78, 5) is 4.92. The number of para-hydroxylation sites is 2. The molecule has 0 radical (unpaired) electrons. The lowest BCUT2D eigenvalue weighted by Gasteiger charge is -2.40. The summed E-state index contributed by atoms with van der Waals surface area (Å²) in [5.41, 5.74) is 6.63. The third kappa shape index (κ3) is 3.14. The summed E-state index contributed by atoms with van der Waals surface area (Å²) in [5, 5.41) is 0. The average Bonchev–Trinajstić information content (AvgIpc) is 2.54. The van der Waals surface area contributed by atoms with Crippen LogP contribution in [-0.4, -0.2) is 26.9 Å². The summed E-state index contributed by atoms with van der Waals surface area (Å²) >= 11 is 0. The highest BCUT2D eigenvalue weighted by Gasteiger charge is 2.22. The van der Waals surface area contributed by atoms with Gasteiger partial charge in [-0.25, -0.2) is 0 Å². The van der Waals surface area contributed by atoms with E-state index in [-0.39, 0.29) is 0 Å². The van der Waals surface area contributed by atoms with Gasteiger partial charge in [-0.15, -0.1) is 0 Å². The minimum absolute atomic E-state index is 0.908. The number of hydrogen-bond donors (Lipinski definition) is 0. The monoisotopic (exact) mass is 310 g/mol. The van der Waals surface area contributed by atoms with Crippen LogP contribution in [0.4, 0.5) is 11.4 Å². The van der Waals surface area contributed by atoms with Gasteiger partial charge in [0.05, 0.1) is 19.5 Å². The van der Waals surface area contributed by atoms with E-state index in [9.17, 15) is 0 Å². The Hall–Kier alpha value is -2.16. The van der Waals surface area contributed by atoms with Crippen LogP contribution in [-0.2, 0) is 0 Å². The van der Waals surface area contributed by atoms with Crippen LogP contribution in [0.2, 0.25) is 0 Å². The molecule has 1 heterocycles. The van der Waals surface area contributed by atoms with Gasteiger partial charge in [0.1, 0.15) is 5.75 Å². The van der Waals surface area contributed by atoms with E-state index < -0.39 is 0 Å². The molecule has 23 heavy (non-hydrogen) atoms. The molecular formula is C20H26N2O.